The molecule has 2 heterocycles. The maximum absolute atomic E-state index is 12.5. The Hall–Kier alpha value is -2.44. The molecule has 1 aliphatic rings. The van der Waals surface area contributed by atoms with Gasteiger partial charge in [-0.15, -0.1) is 0 Å². The van der Waals surface area contributed by atoms with E-state index < -0.39 is 6.04 Å². The lowest BCUT2D eigenvalue weighted by Gasteiger charge is -2.38. The molecule has 0 spiro atoms. The fourth-order valence-corrected chi connectivity index (χ4v) is 3.23. The number of rotatable bonds is 4. The van der Waals surface area contributed by atoms with Crippen molar-refractivity contribution in [3.05, 3.63) is 64.9 Å². The molecule has 1 aromatic heterocycles. The zero-order chi connectivity index (χ0) is 18.5. The molecule has 136 valence electrons. The number of hydrogen-bond acceptors (Lipinski definition) is 5. The predicted octanol–water partition coefficient (Wildman–Crippen LogP) is 2.41. The number of pyridine rings is 1. The van der Waals surface area contributed by atoms with Crippen molar-refractivity contribution in [1.82, 2.24) is 14.8 Å². The van der Waals surface area contributed by atoms with Gasteiger partial charge in [-0.2, -0.15) is 0 Å². The van der Waals surface area contributed by atoms with Crippen LogP contribution in [0.15, 0.2) is 48.8 Å². The number of amides is 1. The highest BCUT2D eigenvalue weighted by atomic mass is 35.5. The zero-order valence-corrected chi connectivity index (χ0v) is 15.2. The summed E-state index contributed by atoms with van der Waals surface area (Å²) in [7, 11) is 1.38. The van der Waals surface area contributed by atoms with Crippen molar-refractivity contribution in [2.45, 2.75) is 6.04 Å². The van der Waals surface area contributed by atoms with E-state index >= 15 is 0 Å². The normalized spacial score (nSPS) is 16.2. The van der Waals surface area contributed by atoms with Crippen LogP contribution in [-0.2, 0) is 9.53 Å². The Morgan fingerprint density at radius 1 is 1.12 bits per heavy atom. The first-order valence-electron chi connectivity index (χ1n) is 8.37. The minimum absolute atomic E-state index is 0.0427. The second-order valence-corrected chi connectivity index (χ2v) is 6.48. The van der Waals surface area contributed by atoms with E-state index in [9.17, 15) is 9.59 Å². The number of carbonyl (C=O) groups excluding carboxylic acids is 2. The average molecular weight is 374 g/mol. The van der Waals surface area contributed by atoms with Crippen LogP contribution < -0.4 is 0 Å². The Morgan fingerprint density at radius 3 is 2.38 bits per heavy atom. The Morgan fingerprint density at radius 2 is 1.81 bits per heavy atom. The van der Waals surface area contributed by atoms with E-state index in [1.165, 1.54) is 7.11 Å². The number of piperazine rings is 1. The molecule has 1 aromatic carbocycles. The van der Waals surface area contributed by atoms with Gasteiger partial charge in [0.15, 0.2) is 0 Å². The second kappa shape index (κ2) is 8.29. The number of methoxy groups -OCH3 is 1. The number of nitrogens with zero attached hydrogens (tertiary/aromatic N) is 3. The van der Waals surface area contributed by atoms with Crippen LogP contribution in [0.4, 0.5) is 0 Å². The first-order valence-corrected chi connectivity index (χ1v) is 8.74. The summed E-state index contributed by atoms with van der Waals surface area (Å²) in [5.74, 6) is -0.363. The molecule has 26 heavy (non-hydrogen) atoms. The highest BCUT2D eigenvalue weighted by Crippen LogP contribution is 2.25. The van der Waals surface area contributed by atoms with Crippen LogP contribution >= 0.6 is 11.6 Å². The number of halogens is 1. The van der Waals surface area contributed by atoms with E-state index in [2.05, 4.69) is 4.98 Å². The average Bonchev–Trinajstić information content (AvgIpc) is 2.70. The molecule has 7 heteroatoms. The molecule has 3 rings (SSSR count). The number of carbonyl (C=O) groups is 2. The molecule has 0 N–H and O–H groups in total. The Kier molecular flexibility index (Phi) is 5.85. The molecule has 2 aromatic rings. The highest BCUT2D eigenvalue weighted by molar-refractivity contribution is 6.30. The van der Waals surface area contributed by atoms with Gasteiger partial charge in [0.05, 0.1) is 12.7 Å². The van der Waals surface area contributed by atoms with E-state index in [0.717, 1.165) is 5.56 Å². The molecule has 1 fully saturated rings. The van der Waals surface area contributed by atoms with Crippen molar-refractivity contribution < 1.29 is 14.3 Å². The number of benzene rings is 1. The third-order valence-electron chi connectivity index (χ3n) is 4.49. The molecule has 0 radical (unpaired) electrons. The largest absolute Gasteiger partial charge is 0.468 e. The fraction of sp³-hybridized carbons (Fsp3) is 0.316. The van der Waals surface area contributed by atoms with Gasteiger partial charge < -0.3 is 9.64 Å². The van der Waals surface area contributed by atoms with Crippen LogP contribution in [0.3, 0.4) is 0 Å². The van der Waals surface area contributed by atoms with Gasteiger partial charge >= 0.3 is 5.97 Å². The van der Waals surface area contributed by atoms with Crippen molar-refractivity contribution in [2.75, 3.05) is 33.3 Å². The molecule has 0 bridgehead atoms. The van der Waals surface area contributed by atoms with Gasteiger partial charge in [-0.3, -0.25) is 14.7 Å². The molecule has 0 aliphatic carbocycles. The predicted molar refractivity (Wildman–Crippen MR) is 97.9 cm³/mol. The van der Waals surface area contributed by atoms with Crippen molar-refractivity contribution in [2.24, 2.45) is 0 Å². The summed E-state index contributed by atoms with van der Waals surface area (Å²) in [6.07, 6.45) is 3.21. The van der Waals surface area contributed by atoms with Gasteiger partial charge in [-0.05, 0) is 29.8 Å². The lowest BCUT2D eigenvalue weighted by atomic mass is 10.0. The SMILES string of the molecule is COC(=O)C(c1ccc(Cl)cc1)N1CCN(C(=O)c2cccnc2)CC1. The summed E-state index contributed by atoms with van der Waals surface area (Å²) in [5, 5.41) is 0.615. The van der Waals surface area contributed by atoms with E-state index in [4.69, 9.17) is 16.3 Å². The van der Waals surface area contributed by atoms with Crippen molar-refractivity contribution in [3.63, 3.8) is 0 Å². The van der Waals surface area contributed by atoms with Crippen LogP contribution in [-0.4, -0.2) is 59.9 Å². The third-order valence-corrected chi connectivity index (χ3v) is 4.74. The smallest absolute Gasteiger partial charge is 0.327 e. The van der Waals surface area contributed by atoms with Crippen LogP contribution in [0.25, 0.3) is 0 Å². The van der Waals surface area contributed by atoms with Crippen LogP contribution in [0.2, 0.25) is 5.02 Å². The summed E-state index contributed by atoms with van der Waals surface area (Å²) in [6.45, 7) is 2.23. The third kappa shape index (κ3) is 4.03. The molecule has 0 saturated carbocycles. The van der Waals surface area contributed by atoms with Crippen LogP contribution in [0.5, 0.6) is 0 Å². The van der Waals surface area contributed by atoms with Gasteiger partial charge in [-0.25, -0.2) is 4.79 Å². The standard InChI is InChI=1S/C19H20ClN3O3/c1-26-19(25)17(14-4-6-16(20)7-5-14)22-9-11-23(12-10-22)18(24)15-3-2-8-21-13-15/h2-8,13,17H,9-12H2,1H3. The molecule has 1 saturated heterocycles. The lowest BCUT2D eigenvalue weighted by Crippen LogP contribution is -2.51. The van der Waals surface area contributed by atoms with Crippen LogP contribution in [0.1, 0.15) is 22.0 Å². The minimum atomic E-state index is -0.507. The summed E-state index contributed by atoms with van der Waals surface area (Å²) in [5.41, 5.74) is 1.40. The van der Waals surface area contributed by atoms with E-state index in [1.54, 1.807) is 41.6 Å². The Balaban J connectivity index is 1.71. The van der Waals surface area contributed by atoms with Crippen LogP contribution in [0, 0.1) is 0 Å². The maximum Gasteiger partial charge on any atom is 0.327 e. The minimum Gasteiger partial charge on any atom is -0.468 e. The molecular weight excluding hydrogens is 354 g/mol. The summed E-state index contributed by atoms with van der Waals surface area (Å²) in [4.78, 5) is 32.7. The van der Waals surface area contributed by atoms with Crippen molar-refractivity contribution >= 4 is 23.5 Å². The molecular formula is C19H20ClN3O3. The van der Waals surface area contributed by atoms with Crippen molar-refractivity contribution in [1.29, 1.82) is 0 Å². The Bertz CT molecular complexity index is 759. The number of aromatic nitrogens is 1. The number of hydrogen-bond donors (Lipinski definition) is 0. The first kappa shape index (κ1) is 18.4. The number of esters is 1. The molecule has 6 nitrogen and oxygen atoms in total. The van der Waals surface area contributed by atoms with Gasteiger partial charge in [0, 0.05) is 43.6 Å². The topological polar surface area (TPSA) is 62.7 Å². The molecule has 1 unspecified atom stereocenters. The quantitative estimate of drug-likeness (QED) is 0.770. The van der Waals surface area contributed by atoms with Gasteiger partial charge in [-0.1, -0.05) is 23.7 Å². The monoisotopic (exact) mass is 373 g/mol. The summed E-state index contributed by atoms with van der Waals surface area (Å²) >= 11 is 5.95. The van der Waals surface area contributed by atoms with E-state index in [0.29, 0.717) is 36.8 Å². The fourth-order valence-electron chi connectivity index (χ4n) is 3.11. The molecule has 1 aliphatic heterocycles. The van der Waals surface area contributed by atoms with E-state index in [-0.39, 0.29) is 11.9 Å². The maximum atomic E-state index is 12.5. The lowest BCUT2D eigenvalue weighted by molar-refractivity contribution is -0.148. The number of ether oxygens (including phenoxy) is 1. The molecule has 1 atom stereocenters. The second-order valence-electron chi connectivity index (χ2n) is 6.05. The van der Waals surface area contributed by atoms with Crippen molar-refractivity contribution in [3.8, 4) is 0 Å². The highest BCUT2D eigenvalue weighted by Gasteiger charge is 2.32. The first-order chi connectivity index (χ1) is 12.6. The zero-order valence-electron chi connectivity index (χ0n) is 14.5. The van der Waals surface area contributed by atoms with Gasteiger partial charge in [0.25, 0.3) is 5.91 Å². The van der Waals surface area contributed by atoms with Gasteiger partial charge in [0.2, 0.25) is 0 Å². The summed E-state index contributed by atoms with van der Waals surface area (Å²) in [6, 6.07) is 10.2. The van der Waals surface area contributed by atoms with E-state index in [1.807, 2.05) is 17.0 Å². The Labute approximate surface area is 157 Å². The molecule has 1 amide bonds. The summed E-state index contributed by atoms with van der Waals surface area (Å²) < 4.78 is 4.99. The van der Waals surface area contributed by atoms with Gasteiger partial charge in [0.1, 0.15) is 6.04 Å².